The van der Waals surface area contributed by atoms with Crippen LogP contribution >= 0.6 is 0 Å². The van der Waals surface area contributed by atoms with E-state index >= 15 is 0 Å². The smallest absolute Gasteiger partial charge is 0.328 e. The Morgan fingerprint density at radius 1 is 1.09 bits per heavy atom. The van der Waals surface area contributed by atoms with E-state index in [-0.39, 0.29) is 11.6 Å². The van der Waals surface area contributed by atoms with Crippen molar-refractivity contribution >= 4 is 17.1 Å². The molecule has 2 aromatic heterocycles. The Balaban J connectivity index is 1.56. The predicted molar refractivity (Wildman–Crippen MR) is 124 cm³/mol. The van der Waals surface area contributed by atoms with Gasteiger partial charge in [-0.25, -0.2) is 14.8 Å². The van der Waals surface area contributed by atoms with Gasteiger partial charge in [-0.1, -0.05) is 50.2 Å². The van der Waals surface area contributed by atoms with Crippen LogP contribution in [0.15, 0.2) is 53.5 Å². The number of hydrogen-bond acceptors (Lipinski definition) is 4. The molecule has 1 aliphatic rings. The van der Waals surface area contributed by atoms with Gasteiger partial charge in [-0.2, -0.15) is 0 Å². The highest BCUT2D eigenvalue weighted by Gasteiger charge is 2.22. The third-order valence-corrected chi connectivity index (χ3v) is 6.14. The SMILES string of the molecule is CC(C)c1ccccc1-c1ncc2[nH]c(=O)n(Cc3ccc4c(c3)CCN(C)C4=O)c2n1. The molecule has 4 aromatic rings. The van der Waals surface area contributed by atoms with Crippen LogP contribution in [0.3, 0.4) is 0 Å². The summed E-state index contributed by atoms with van der Waals surface area (Å²) in [6.07, 6.45) is 2.49. The van der Waals surface area contributed by atoms with E-state index in [1.54, 1.807) is 15.7 Å². The largest absolute Gasteiger partial charge is 0.341 e. The van der Waals surface area contributed by atoms with Crippen molar-refractivity contribution in [1.29, 1.82) is 0 Å². The molecule has 0 saturated heterocycles. The van der Waals surface area contributed by atoms with E-state index in [1.165, 1.54) is 5.56 Å². The summed E-state index contributed by atoms with van der Waals surface area (Å²) in [6.45, 7) is 5.36. The minimum atomic E-state index is -0.225. The monoisotopic (exact) mass is 427 g/mol. The third-order valence-electron chi connectivity index (χ3n) is 6.14. The number of imidazole rings is 1. The number of likely N-dealkylation sites (N-methyl/N-ethyl adjacent to an activating group) is 1. The number of carbonyl (C=O) groups excluding carboxylic acids is 1. The molecule has 1 N–H and O–H groups in total. The van der Waals surface area contributed by atoms with Gasteiger partial charge in [-0.3, -0.25) is 9.36 Å². The topological polar surface area (TPSA) is 83.9 Å². The van der Waals surface area contributed by atoms with Crippen LogP contribution in [0.25, 0.3) is 22.6 Å². The molecule has 162 valence electrons. The maximum absolute atomic E-state index is 12.7. The van der Waals surface area contributed by atoms with E-state index < -0.39 is 0 Å². The number of aromatic nitrogens is 4. The first-order valence-corrected chi connectivity index (χ1v) is 10.8. The lowest BCUT2D eigenvalue weighted by atomic mass is 9.97. The molecule has 5 rings (SSSR count). The fourth-order valence-electron chi connectivity index (χ4n) is 4.36. The second kappa shape index (κ2) is 7.75. The number of fused-ring (bicyclic) bond motifs is 2. The Morgan fingerprint density at radius 3 is 2.72 bits per heavy atom. The first-order chi connectivity index (χ1) is 15.4. The summed E-state index contributed by atoms with van der Waals surface area (Å²) >= 11 is 0. The molecular formula is C25H25N5O2. The lowest BCUT2D eigenvalue weighted by Gasteiger charge is -2.25. The molecule has 0 aliphatic carbocycles. The van der Waals surface area contributed by atoms with Crippen LogP contribution in [-0.2, 0) is 13.0 Å². The summed E-state index contributed by atoms with van der Waals surface area (Å²) in [4.78, 5) is 39.0. The van der Waals surface area contributed by atoms with Gasteiger partial charge in [-0.15, -0.1) is 0 Å². The van der Waals surface area contributed by atoms with Gasteiger partial charge in [0.05, 0.1) is 12.7 Å². The lowest BCUT2D eigenvalue weighted by molar-refractivity contribution is 0.0781. The Bertz CT molecular complexity index is 1400. The van der Waals surface area contributed by atoms with E-state index in [4.69, 9.17) is 4.98 Å². The summed E-state index contributed by atoms with van der Waals surface area (Å²) < 4.78 is 1.64. The molecule has 3 heterocycles. The van der Waals surface area contributed by atoms with Crippen LogP contribution in [-0.4, -0.2) is 43.9 Å². The average molecular weight is 428 g/mol. The Labute approximate surface area is 185 Å². The molecule has 32 heavy (non-hydrogen) atoms. The molecule has 0 spiro atoms. The zero-order chi connectivity index (χ0) is 22.4. The molecular weight excluding hydrogens is 402 g/mol. The molecule has 0 bridgehead atoms. The number of rotatable bonds is 4. The lowest BCUT2D eigenvalue weighted by Crippen LogP contribution is -2.34. The van der Waals surface area contributed by atoms with Crippen molar-refractivity contribution < 1.29 is 4.79 Å². The summed E-state index contributed by atoms with van der Waals surface area (Å²) in [5.74, 6) is 0.980. The number of amides is 1. The Hall–Kier alpha value is -3.74. The fraction of sp³-hybridized carbons (Fsp3) is 0.280. The number of carbonyl (C=O) groups is 1. The minimum absolute atomic E-state index is 0.0447. The van der Waals surface area contributed by atoms with E-state index in [1.807, 2.05) is 43.4 Å². The number of aromatic amines is 1. The van der Waals surface area contributed by atoms with Gasteiger partial charge in [0.25, 0.3) is 5.91 Å². The van der Waals surface area contributed by atoms with Crippen molar-refractivity contribution in [2.75, 3.05) is 13.6 Å². The van der Waals surface area contributed by atoms with Crippen molar-refractivity contribution in [2.45, 2.75) is 32.7 Å². The second-order valence-electron chi connectivity index (χ2n) is 8.66. The van der Waals surface area contributed by atoms with Crippen LogP contribution in [0.1, 0.15) is 46.8 Å². The Kier molecular flexibility index (Phi) is 4.89. The van der Waals surface area contributed by atoms with Gasteiger partial charge >= 0.3 is 5.69 Å². The number of benzene rings is 2. The van der Waals surface area contributed by atoms with Crippen molar-refractivity contribution in [3.8, 4) is 11.4 Å². The zero-order valence-electron chi connectivity index (χ0n) is 18.4. The van der Waals surface area contributed by atoms with Gasteiger partial charge in [0.15, 0.2) is 11.5 Å². The van der Waals surface area contributed by atoms with Gasteiger partial charge in [0.1, 0.15) is 5.52 Å². The maximum atomic E-state index is 12.7. The standard InChI is InChI=1S/C25H25N5O2/c1-15(2)18-6-4-5-7-20(18)22-26-13-21-23(28-22)30(25(32)27-21)14-16-8-9-19-17(12-16)10-11-29(3)24(19)31/h4-9,12-13,15H,10-11,14H2,1-3H3,(H,27,32). The highest BCUT2D eigenvalue weighted by molar-refractivity contribution is 5.96. The minimum Gasteiger partial charge on any atom is -0.341 e. The molecule has 1 amide bonds. The van der Waals surface area contributed by atoms with E-state index in [0.29, 0.717) is 36.0 Å². The van der Waals surface area contributed by atoms with Crippen LogP contribution < -0.4 is 5.69 Å². The number of nitrogens with zero attached hydrogens (tertiary/aromatic N) is 4. The normalized spacial score (nSPS) is 13.8. The van der Waals surface area contributed by atoms with Crippen LogP contribution in [0.4, 0.5) is 0 Å². The maximum Gasteiger partial charge on any atom is 0.328 e. The predicted octanol–water partition coefficient (Wildman–Crippen LogP) is 3.59. The summed E-state index contributed by atoms with van der Waals surface area (Å²) in [7, 11) is 1.82. The van der Waals surface area contributed by atoms with E-state index in [2.05, 4.69) is 29.9 Å². The molecule has 1 aliphatic heterocycles. The van der Waals surface area contributed by atoms with Gasteiger partial charge in [-0.05, 0) is 35.1 Å². The van der Waals surface area contributed by atoms with Gasteiger partial charge < -0.3 is 9.88 Å². The van der Waals surface area contributed by atoms with Crippen LogP contribution in [0.5, 0.6) is 0 Å². The molecule has 0 unspecified atom stereocenters. The number of nitrogens with one attached hydrogen (secondary N) is 1. The molecule has 0 radical (unpaired) electrons. The molecule has 0 atom stereocenters. The van der Waals surface area contributed by atoms with E-state index in [9.17, 15) is 9.59 Å². The van der Waals surface area contributed by atoms with Gasteiger partial charge in [0, 0.05) is 24.7 Å². The highest BCUT2D eigenvalue weighted by atomic mass is 16.2. The first-order valence-electron chi connectivity index (χ1n) is 10.8. The molecule has 7 heteroatoms. The van der Waals surface area contributed by atoms with Crippen LogP contribution in [0, 0.1) is 0 Å². The van der Waals surface area contributed by atoms with Crippen molar-refractivity contribution in [3.63, 3.8) is 0 Å². The van der Waals surface area contributed by atoms with Crippen molar-refractivity contribution in [1.82, 2.24) is 24.4 Å². The van der Waals surface area contributed by atoms with Gasteiger partial charge in [0.2, 0.25) is 0 Å². The molecule has 0 saturated carbocycles. The average Bonchev–Trinajstić information content (AvgIpc) is 3.10. The summed E-state index contributed by atoms with van der Waals surface area (Å²) in [6, 6.07) is 13.9. The number of hydrogen-bond donors (Lipinski definition) is 1. The molecule has 7 nitrogen and oxygen atoms in total. The summed E-state index contributed by atoms with van der Waals surface area (Å²) in [5.41, 5.74) is 5.83. The molecule has 0 fully saturated rings. The Morgan fingerprint density at radius 2 is 1.91 bits per heavy atom. The first kappa shape index (κ1) is 20.2. The third kappa shape index (κ3) is 3.39. The molecule has 2 aromatic carbocycles. The fourth-order valence-corrected chi connectivity index (χ4v) is 4.36. The van der Waals surface area contributed by atoms with Crippen molar-refractivity contribution in [2.24, 2.45) is 0 Å². The van der Waals surface area contributed by atoms with E-state index in [0.717, 1.165) is 28.7 Å². The zero-order valence-corrected chi connectivity index (χ0v) is 18.4. The summed E-state index contributed by atoms with van der Waals surface area (Å²) in [5, 5.41) is 0. The van der Waals surface area contributed by atoms with Crippen molar-refractivity contribution in [3.05, 3.63) is 81.4 Å². The van der Waals surface area contributed by atoms with Crippen LogP contribution in [0.2, 0.25) is 0 Å². The number of H-pyrrole nitrogens is 1. The highest BCUT2D eigenvalue weighted by Crippen LogP contribution is 2.27. The second-order valence-corrected chi connectivity index (χ2v) is 8.66. The quantitative estimate of drug-likeness (QED) is 0.540.